The quantitative estimate of drug-likeness (QED) is 0.521. The molecular formula is C29H42ClN5O3. The number of anilines is 2. The zero-order valence-corrected chi connectivity index (χ0v) is 24.2. The molecule has 0 bridgehead atoms. The third kappa shape index (κ3) is 6.35. The average Bonchev–Trinajstić information content (AvgIpc) is 2.90. The Morgan fingerprint density at radius 1 is 1.11 bits per heavy atom. The van der Waals surface area contributed by atoms with E-state index in [-0.39, 0.29) is 17.9 Å². The van der Waals surface area contributed by atoms with E-state index in [4.69, 9.17) is 16.3 Å². The number of pyridine rings is 1. The highest BCUT2D eigenvalue weighted by Crippen LogP contribution is 2.34. The second-order valence-electron chi connectivity index (χ2n) is 10.7. The smallest absolute Gasteiger partial charge is 0.251 e. The van der Waals surface area contributed by atoms with Crippen LogP contribution in [0.2, 0.25) is 5.02 Å². The normalized spacial score (nSPS) is 20.0. The van der Waals surface area contributed by atoms with Crippen molar-refractivity contribution in [1.82, 2.24) is 15.2 Å². The molecule has 0 radical (unpaired) electrons. The van der Waals surface area contributed by atoms with E-state index in [2.05, 4.69) is 46.0 Å². The summed E-state index contributed by atoms with van der Waals surface area (Å²) >= 11 is 6.57. The minimum Gasteiger partial charge on any atom is -0.378 e. The number of hydrogen-bond acceptors (Lipinski definition) is 6. The van der Waals surface area contributed by atoms with Crippen LogP contribution in [0.4, 0.5) is 11.5 Å². The number of ether oxygens (including phenoxy) is 1. The molecule has 2 N–H and O–H groups in total. The van der Waals surface area contributed by atoms with Gasteiger partial charge in [0.1, 0.15) is 5.82 Å². The number of morpholine rings is 1. The molecule has 9 heteroatoms. The van der Waals surface area contributed by atoms with Crippen LogP contribution >= 0.6 is 11.6 Å². The summed E-state index contributed by atoms with van der Waals surface area (Å²) in [5.74, 6) is 0.527. The van der Waals surface area contributed by atoms with Crippen LogP contribution in [-0.2, 0) is 11.3 Å². The summed E-state index contributed by atoms with van der Waals surface area (Å²) in [5.41, 5.74) is 3.73. The van der Waals surface area contributed by atoms with Gasteiger partial charge in [0.05, 0.1) is 25.3 Å². The molecule has 2 aromatic rings. The molecule has 38 heavy (non-hydrogen) atoms. The SMILES string of the molecule is CCN(c1cc(Cl)cc(C(=O)NCc2c(N3CCOCC3)[nH]c(C)cc2=O)c1C)[C@H]1CC[C@H](N(C)C)CC1. The molecule has 1 aromatic carbocycles. The topological polar surface area (TPSA) is 80.9 Å². The fourth-order valence-corrected chi connectivity index (χ4v) is 6.11. The maximum Gasteiger partial charge on any atom is 0.251 e. The van der Waals surface area contributed by atoms with Gasteiger partial charge in [0.2, 0.25) is 0 Å². The summed E-state index contributed by atoms with van der Waals surface area (Å²) < 4.78 is 5.48. The van der Waals surface area contributed by atoms with Crippen LogP contribution in [0.3, 0.4) is 0 Å². The van der Waals surface area contributed by atoms with Crippen molar-refractivity contribution >= 4 is 29.0 Å². The van der Waals surface area contributed by atoms with Crippen molar-refractivity contribution < 1.29 is 9.53 Å². The van der Waals surface area contributed by atoms with Gasteiger partial charge in [-0.3, -0.25) is 9.59 Å². The first-order valence-electron chi connectivity index (χ1n) is 13.8. The molecule has 1 saturated heterocycles. The maximum absolute atomic E-state index is 13.5. The largest absolute Gasteiger partial charge is 0.378 e. The lowest BCUT2D eigenvalue weighted by atomic mass is 9.89. The average molecular weight is 544 g/mol. The van der Waals surface area contributed by atoms with Crippen molar-refractivity contribution in [2.45, 2.75) is 65.1 Å². The van der Waals surface area contributed by atoms with Crippen molar-refractivity contribution in [3.8, 4) is 0 Å². The van der Waals surface area contributed by atoms with Gasteiger partial charge in [-0.1, -0.05) is 11.6 Å². The van der Waals surface area contributed by atoms with Crippen LogP contribution in [0, 0.1) is 13.8 Å². The Balaban J connectivity index is 1.54. The van der Waals surface area contributed by atoms with E-state index in [1.54, 1.807) is 12.1 Å². The predicted molar refractivity (Wildman–Crippen MR) is 155 cm³/mol. The Bertz CT molecular complexity index is 1180. The van der Waals surface area contributed by atoms with Crippen LogP contribution in [0.1, 0.15) is 59.8 Å². The standard InChI is InChI=1S/C29H42ClN5O3/c1-6-35(23-9-7-22(8-10-23)33(4)5)26-17-21(30)16-24(20(26)3)29(37)31-18-25-27(36)15-19(2)32-28(25)34-11-13-38-14-12-34/h15-17,22-23H,6-14,18H2,1-5H3,(H,31,37)(H,32,36)/t22-,23-. The molecular weight excluding hydrogens is 502 g/mol. The third-order valence-electron chi connectivity index (χ3n) is 8.08. The maximum atomic E-state index is 13.5. The lowest BCUT2D eigenvalue weighted by Crippen LogP contribution is -2.42. The van der Waals surface area contributed by atoms with Gasteiger partial charge < -0.3 is 29.7 Å². The fraction of sp³-hybridized carbons (Fsp3) is 0.586. The Morgan fingerprint density at radius 2 is 1.76 bits per heavy atom. The molecule has 0 unspecified atom stereocenters. The number of aromatic nitrogens is 1. The van der Waals surface area contributed by atoms with Crippen LogP contribution < -0.4 is 20.5 Å². The first kappa shape index (κ1) is 28.5. The van der Waals surface area contributed by atoms with Crippen molar-refractivity contribution in [3.63, 3.8) is 0 Å². The second-order valence-corrected chi connectivity index (χ2v) is 11.2. The molecule has 208 valence electrons. The molecule has 1 amide bonds. The molecule has 2 aliphatic rings. The molecule has 8 nitrogen and oxygen atoms in total. The van der Waals surface area contributed by atoms with Crippen LogP contribution in [-0.4, -0.2) is 74.8 Å². The van der Waals surface area contributed by atoms with Crippen molar-refractivity contribution in [2.75, 3.05) is 56.7 Å². The van der Waals surface area contributed by atoms with Gasteiger partial charge in [0, 0.05) is 59.8 Å². The highest BCUT2D eigenvalue weighted by atomic mass is 35.5. The zero-order chi connectivity index (χ0) is 27.4. The van der Waals surface area contributed by atoms with E-state index < -0.39 is 0 Å². The zero-order valence-electron chi connectivity index (χ0n) is 23.4. The number of H-pyrrole nitrogens is 1. The molecule has 2 heterocycles. The van der Waals surface area contributed by atoms with Gasteiger partial charge in [-0.25, -0.2) is 0 Å². The summed E-state index contributed by atoms with van der Waals surface area (Å²) in [6, 6.07) is 6.34. The van der Waals surface area contributed by atoms with Crippen LogP contribution in [0.5, 0.6) is 0 Å². The molecule has 4 rings (SSSR count). The van der Waals surface area contributed by atoms with E-state index in [0.717, 1.165) is 55.0 Å². The van der Waals surface area contributed by atoms with Crippen molar-refractivity contribution in [1.29, 1.82) is 0 Å². The van der Waals surface area contributed by atoms with E-state index in [1.807, 2.05) is 19.9 Å². The van der Waals surface area contributed by atoms with Gasteiger partial charge in [-0.15, -0.1) is 0 Å². The van der Waals surface area contributed by atoms with Gasteiger partial charge in [0.25, 0.3) is 5.91 Å². The number of rotatable bonds is 8. The number of hydrogen-bond donors (Lipinski definition) is 2. The minimum absolute atomic E-state index is 0.0861. The molecule has 1 aliphatic carbocycles. The highest BCUT2D eigenvalue weighted by Gasteiger charge is 2.28. The van der Waals surface area contributed by atoms with Crippen molar-refractivity contribution in [2.24, 2.45) is 0 Å². The number of carbonyl (C=O) groups is 1. The third-order valence-corrected chi connectivity index (χ3v) is 8.29. The Labute approximate surface area is 231 Å². The number of benzene rings is 1. The lowest BCUT2D eigenvalue weighted by molar-refractivity contribution is 0.0950. The monoisotopic (exact) mass is 543 g/mol. The first-order chi connectivity index (χ1) is 18.2. The minimum atomic E-state index is -0.230. The van der Waals surface area contributed by atoms with Gasteiger partial charge >= 0.3 is 0 Å². The van der Waals surface area contributed by atoms with Gasteiger partial charge in [0.15, 0.2) is 5.43 Å². The summed E-state index contributed by atoms with van der Waals surface area (Å²) in [6.07, 6.45) is 4.56. The number of aryl methyl sites for hydroxylation is 1. The van der Waals surface area contributed by atoms with E-state index >= 15 is 0 Å². The number of amides is 1. The molecule has 2 fully saturated rings. The Morgan fingerprint density at radius 3 is 2.39 bits per heavy atom. The molecule has 1 aromatic heterocycles. The van der Waals surface area contributed by atoms with E-state index in [9.17, 15) is 9.59 Å². The fourth-order valence-electron chi connectivity index (χ4n) is 5.90. The predicted octanol–water partition coefficient (Wildman–Crippen LogP) is 4.11. The summed E-state index contributed by atoms with van der Waals surface area (Å²) in [6.45, 7) is 9.61. The first-order valence-corrected chi connectivity index (χ1v) is 14.1. The number of halogens is 1. The number of nitrogens with one attached hydrogen (secondary N) is 2. The molecule has 0 spiro atoms. The van der Waals surface area contributed by atoms with Crippen LogP contribution in [0.15, 0.2) is 23.0 Å². The summed E-state index contributed by atoms with van der Waals surface area (Å²) in [5, 5.41) is 3.55. The number of carbonyl (C=O) groups excluding carboxylic acids is 1. The number of nitrogens with zero attached hydrogens (tertiary/aromatic N) is 3. The Kier molecular flexibility index (Phi) is 9.39. The van der Waals surface area contributed by atoms with Gasteiger partial charge in [-0.05, 0) is 78.2 Å². The Hall–Kier alpha value is -2.55. The lowest BCUT2D eigenvalue weighted by Gasteiger charge is -2.40. The van der Waals surface area contributed by atoms with E-state index in [1.165, 1.54) is 0 Å². The van der Waals surface area contributed by atoms with Crippen LogP contribution in [0.25, 0.3) is 0 Å². The highest BCUT2D eigenvalue weighted by molar-refractivity contribution is 6.31. The molecule has 1 saturated carbocycles. The molecule has 0 atom stereocenters. The second kappa shape index (κ2) is 12.5. The van der Waals surface area contributed by atoms with Gasteiger partial charge in [-0.2, -0.15) is 0 Å². The van der Waals surface area contributed by atoms with E-state index in [0.29, 0.717) is 54.5 Å². The summed E-state index contributed by atoms with van der Waals surface area (Å²) in [7, 11) is 4.31. The molecule has 1 aliphatic heterocycles. The summed E-state index contributed by atoms with van der Waals surface area (Å²) in [4.78, 5) is 36.6. The number of aromatic amines is 1. The van der Waals surface area contributed by atoms with Crippen molar-refractivity contribution in [3.05, 3.63) is 55.8 Å².